The Bertz CT molecular complexity index is 352. The number of carbonyl (C=O) groups excluding carboxylic acids is 1. The first kappa shape index (κ1) is 7.02. The Kier molecular flexibility index (Phi) is 1.43. The van der Waals surface area contributed by atoms with Crippen LogP contribution in [0.25, 0.3) is 0 Å². The van der Waals surface area contributed by atoms with Gasteiger partial charge in [0.05, 0.1) is 5.69 Å². The van der Waals surface area contributed by atoms with Crippen LogP contribution >= 0.6 is 0 Å². The lowest BCUT2D eigenvalue weighted by molar-refractivity contribution is 0.0994. The molecule has 2 heterocycles. The van der Waals surface area contributed by atoms with Crippen LogP contribution < -0.4 is 5.73 Å². The van der Waals surface area contributed by atoms with Crippen LogP contribution in [0, 0.1) is 0 Å². The molecule has 0 spiro atoms. The number of amides is 1. The van der Waals surface area contributed by atoms with Gasteiger partial charge >= 0.3 is 0 Å². The summed E-state index contributed by atoms with van der Waals surface area (Å²) in [6.45, 7) is 0.701. The average molecular weight is 164 g/mol. The van der Waals surface area contributed by atoms with Crippen molar-refractivity contribution in [3.8, 4) is 0 Å². The molecule has 12 heavy (non-hydrogen) atoms. The summed E-state index contributed by atoms with van der Waals surface area (Å²) in [7, 11) is 0. The molecule has 5 nitrogen and oxygen atoms in total. The monoisotopic (exact) mass is 164 g/mol. The standard InChI is InChI=1S/C7H8N4O/c8-7(12)6-4-1-2-9-3-5(4)10-11-6/h3H,1-2H2,(H2,8,12)(H,10,11). The van der Waals surface area contributed by atoms with E-state index in [-0.39, 0.29) is 0 Å². The average Bonchev–Trinajstić information content (AvgIpc) is 2.47. The van der Waals surface area contributed by atoms with Crippen LogP contribution in [0.5, 0.6) is 0 Å². The first-order valence-corrected chi connectivity index (χ1v) is 3.66. The van der Waals surface area contributed by atoms with Gasteiger partial charge in [0.2, 0.25) is 0 Å². The second kappa shape index (κ2) is 2.44. The molecular formula is C7H8N4O. The lowest BCUT2D eigenvalue weighted by Crippen LogP contribution is -2.15. The van der Waals surface area contributed by atoms with Crippen LogP contribution in [0.4, 0.5) is 0 Å². The predicted molar refractivity (Wildman–Crippen MR) is 43.3 cm³/mol. The second-order valence-electron chi connectivity index (χ2n) is 2.61. The normalized spacial score (nSPS) is 14.3. The van der Waals surface area contributed by atoms with Crippen LogP contribution in [0.3, 0.4) is 0 Å². The Hall–Kier alpha value is -1.65. The molecule has 1 aliphatic rings. The van der Waals surface area contributed by atoms with Crippen molar-refractivity contribution >= 4 is 12.1 Å². The number of fused-ring (bicyclic) bond motifs is 1. The predicted octanol–water partition coefficient (Wildman–Crippen LogP) is -0.516. The van der Waals surface area contributed by atoms with Gasteiger partial charge in [0.1, 0.15) is 0 Å². The van der Waals surface area contributed by atoms with Gasteiger partial charge in [-0.25, -0.2) is 0 Å². The maximum absolute atomic E-state index is 10.8. The van der Waals surface area contributed by atoms with Crippen LogP contribution in [0.15, 0.2) is 4.99 Å². The third kappa shape index (κ3) is 0.903. The Morgan fingerprint density at radius 2 is 2.50 bits per heavy atom. The molecule has 0 fully saturated rings. The number of aromatic nitrogens is 2. The molecular weight excluding hydrogens is 156 g/mol. The highest BCUT2D eigenvalue weighted by Gasteiger charge is 2.17. The van der Waals surface area contributed by atoms with E-state index < -0.39 is 5.91 Å². The number of aliphatic imine (C=N–C) groups is 1. The molecule has 2 rings (SSSR count). The number of nitrogens with zero attached hydrogens (tertiary/aromatic N) is 2. The summed E-state index contributed by atoms with van der Waals surface area (Å²) in [6, 6.07) is 0. The van der Waals surface area contributed by atoms with E-state index in [0.29, 0.717) is 12.2 Å². The quantitative estimate of drug-likeness (QED) is 0.585. The highest BCUT2D eigenvalue weighted by Crippen LogP contribution is 2.13. The molecule has 0 saturated heterocycles. The minimum Gasteiger partial charge on any atom is -0.364 e. The number of hydrogen-bond donors (Lipinski definition) is 2. The number of primary amides is 1. The first-order valence-electron chi connectivity index (χ1n) is 3.66. The smallest absolute Gasteiger partial charge is 0.269 e. The molecule has 62 valence electrons. The highest BCUT2D eigenvalue weighted by atomic mass is 16.1. The summed E-state index contributed by atoms with van der Waals surface area (Å²) in [5.41, 5.74) is 7.15. The zero-order valence-electron chi connectivity index (χ0n) is 6.37. The molecule has 0 atom stereocenters. The first-order chi connectivity index (χ1) is 5.79. The van der Waals surface area contributed by atoms with E-state index in [1.54, 1.807) is 6.21 Å². The third-order valence-corrected chi connectivity index (χ3v) is 1.84. The molecule has 5 heteroatoms. The van der Waals surface area contributed by atoms with Gasteiger partial charge in [0.25, 0.3) is 5.91 Å². The number of carbonyl (C=O) groups is 1. The maximum Gasteiger partial charge on any atom is 0.269 e. The van der Waals surface area contributed by atoms with Gasteiger partial charge in [0.15, 0.2) is 5.69 Å². The Morgan fingerprint density at radius 1 is 1.67 bits per heavy atom. The molecule has 0 aliphatic carbocycles. The highest BCUT2D eigenvalue weighted by molar-refractivity contribution is 5.95. The van der Waals surface area contributed by atoms with Crippen molar-refractivity contribution in [3.05, 3.63) is 17.0 Å². The maximum atomic E-state index is 10.8. The fraction of sp³-hybridized carbons (Fsp3) is 0.286. The van der Waals surface area contributed by atoms with Crippen molar-refractivity contribution in [1.29, 1.82) is 0 Å². The summed E-state index contributed by atoms with van der Waals surface area (Å²) >= 11 is 0. The van der Waals surface area contributed by atoms with E-state index in [1.807, 2.05) is 0 Å². The van der Waals surface area contributed by atoms with Crippen LogP contribution in [-0.4, -0.2) is 28.9 Å². The van der Waals surface area contributed by atoms with Crippen molar-refractivity contribution < 1.29 is 4.79 Å². The van der Waals surface area contributed by atoms with E-state index in [1.165, 1.54) is 0 Å². The largest absolute Gasteiger partial charge is 0.364 e. The van der Waals surface area contributed by atoms with Crippen molar-refractivity contribution in [1.82, 2.24) is 10.2 Å². The van der Waals surface area contributed by atoms with Crippen LogP contribution in [0.2, 0.25) is 0 Å². The van der Waals surface area contributed by atoms with Crippen LogP contribution in [-0.2, 0) is 6.42 Å². The van der Waals surface area contributed by atoms with E-state index in [2.05, 4.69) is 15.2 Å². The van der Waals surface area contributed by atoms with Gasteiger partial charge < -0.3 is 5.73 Å². The van der Waals surface area contributed by atoms with Gasteiger partial charge in [-0.15, -0.1) is 0 Å². The number of aromatic amines is 1. The van der Waals surface area contributed by atoms with Gasteiger partial charge in [-0.3, -0.25) is 14.9 Å². The van der Waals surface area contributed by atoms with Gasteiger partial charge in [0, 0.05) is 18.3 Å². The van der Waals surface area contributed by atoms with E-state index >= 15 is 0 Å². The van der Waals surface area contributed by atoms with Crippen molar-refractivity contribution in [2.24, 2.45) is 10.7 Å². The summed E-state index contributed by atoms with van der Waals surface area (Å²) in [4.78, 5) is 14.9. The number of nitrogens with one attached hydrogen (secondary N) is 1. The Balaban J connectivity index is 2.53. The molecule has 0 radical (unpaired) electrons. The topological polar surface area (TPSA) is 84.1 Å². The van der Waals surface area contributed by atoms with Gasteiger partial charge in [-0.2, -0.15) is 5.10 Å². The van der Waals surface area contributed by atoms with Crippen molar-refractivity contribution in [2.45, 2.75) is 6.42 Å². The summed E-state index contributed by atoms with van der Waals surface area (Å²) in [5, 5.41) is 6.51. The fourth-order valence-electron chi connectivity index (χ4n) is 1.27. The lowest BCUT2D eigenvalue weighted by atomic mass is 10.1. The minimum atomic E-state index is -0.484. The summed E-state index contributed by atoms with van der Waals surface area (Å²) < 4.78 is 0. The minimum absolute atomic E-state index is 0.344. The van der Waals surface area contributed by atoms with Crippen molar-refractivity contribution in [2.75, 3.05) is 6.54 Å². The second-order valence-corrected chi connectivity index (χ2v) is 2.61. The molecule has 0 bridgehead atoms. The number of H-pyrrole nitrogens is 1. The summed E-state index contributed by atoms with van der Waals surface area (Å²) in [5.74, 6) is -0.484. The molecule has 1 aromatic rings. The Labute approximate surface area is 68.7 Å². The lowest BCUT2D eigenvalue weighted by Gasteiger charge is -2.02. The molecule has 3 N–H and O–H groups in total. The fourth-order valence-corrected chi connectivity index (χ4v) is 1.27. The van der Waals surface area contributed by atoms with E-state index in [4.69, 9.17) is 5.73 Å². The van der Waals surface area contributed by atoms with Gasteiger partial charge in [-0.1, -0.05) is 0 Å². The van der Waals surface area contributed by atoms with E-state index in [9.17, 15) is 4.79 Å². The van der Waals surface area contributed by atoms with E-state index in [0.717, 1.165) is 17.7 Å². The number of nitrogens with two attached hydrogens (primary N) is 1. The third-order valence-electron chi connectivity index (χ3n) is 1.84. The number of rotatable bonds is 1. The molecule has 1 amide bonds. The Morgan fingerprint density at radius 3 is 3.25 bits per heavy atom. The zero-order chi connectivity index (χ0) is 8.55. The molecule has 1 aliphatic heterocycles. The molecule has 1 aromatic heterocycles. The number of hydrogen-bond acceptors (Lipinski definition) is 3. The SMILES string of the molecule is NC(=O)c1n[nH]c2c1CCN=C2. The van der Waals surface area contributed by atoms with Crippen molar-refractivity contribution in [3.63, 3.8) is 0 Å². The van der Waals surface area contributed by atoms with Crippen LogP contribution in [0.1, 0.15) is 21.7 Å². The zero-order valence-corrected chi connectivity index (χ0v) is 6.37. The summed E-state index contributed by atoms with van der Waals surface area (Å²) in [6.07, 6.45) is 2.42. The molecule has 0 aromatic carbocycles. The molecule has 0 unspecified atom stereocenters. The molecule has 0 saturated carbocycles. The van der Waals surface area contributed by atoms with Gasteiger partial charge in [-0.05, 0) is 6.42 Å².